The van der Waals surface area contributed by atoms with Crippen LogP contribution in [0.5, 0.6) is 5.75 Å². The van der Waals surface area contributed by atoms with Crippen LogP contribution in [0.2, 0.25) is 0 Å². The van der Waals surface area contributed by atoms with E-state index in [1.807, 2.05) is 32.9 Å². The Bertz CT molecular complexity index is 724. The normalized spacial score (nSPS) is 11.9. The molecule has 0 radical (unpaired) electrons. The second kappa shape index (κ2) is 6.77. The third-order valence-corrected chi connectivity index (χ3v) is 3.65. The van der Waals surface area contributed by atoms with Gasteiger partial charge in [-0.05, 0) is 62.6 Å². The first-order valence-electron chi connectivity index (χ1n) is 7.29. The van der Waals surface area contributed by atoms with Crippen LogP contribution in [0.3, 0.4) is 0 Å². The molecule has 0 fully saturated rings. The van der Waals surface area contributed by atoms with Crippen LogP contribution in [-0.2, 0) is 4.79 Å². The molecule has 23 heavy (non-hydrogen) atoms. The third-order valence-electron chi connectivity index (χ3n) is 3.65. The molecule has 0 saturated carbocycles. The van der Waals surface area contributed by atoms with Gasteiger partial charge in [0.2, 0.25) is 0 Å². The van der Waals surface area contributed by atoms with Crippen molar-refractivity contribution in [2.24, 2.45) is 0 Å². The molecule has 0 aromatic heterocycles. The number of halogens is 2. The summed E-state index contributed by atoms with van der Waals surface area (Å²) in [5, 5.41) is 2.23. The Balaban J connectivity index is 2.15. The fourth-order valence-electron chi connectivity index (χ4n) is 2.21. The zero-order valence-corrected chi connectivity index (χ0v) is 13.5. The topological polar surface area (TPSA) is 38.3 Å². The van der Waals surface area contributed by atoms with Crippen LogP contribution >= 0.6 is 0 Å². The van der Waals surface area contributed by atoms with E-state index in [4.69, 9.17) is 4.74 Å². The van der Waals surface area contributed by atoms with Crippen molar-refractivity contribution >= 4 is 11.6 Å². The first-order chi connectivity index (χ1) is 10.8. The number of ether oxygens (including phenoxy) is 1. The second-order valence-electron chi connectivity index (χ2n) is 5.55. The number of aryl methyl sites for hydroxylation is 2. The van der Waals surface area contributed by atoms with Gasteiger partial charge in [-0.1, -0.05) is 12.1 Å². The van der Waals surface area contributed by atoms with Crippen LogP contribution in [0.25, 0.3) is 0 Å². The molecule has 0 aliphatic heterocycles. The van der Waals surface area contributed by atoms with Gasteiger partial charge in [0.1, 0.15) is 23.1 Å². The molecule has 1 N–H and O–H groups in total. The largest absolute Gasteiger partial charge is 0.481 e. The van der Waals surface area contributed by atoms with Gasteiger partial charge in [0, 0.05) is 0 Å². The van der Waals surface area contributed by atoms with Crippen molar-refractivity contribution in [3.05, 3.63) is 58.7 Å². The highest BCUT2D eigenvalue weighted by Crippen LogP contribution is 2.25. The molecule has 0 saturated heterocycles. The molecule has 0 aliphatic rings. The van der Waals surface area contributed by atoms with E-state index in [1.165, 1.54) is 13.0 Å². The van der Waals surface area contributed by atoms with E-state index < -0.39 is 29.3 Å². The average molecular weight is 319 g/mol. The van der Waals surface area contributed by atoms with Gasteiger partial charge in [0.15, 0.2) is 6.10 Å². The van der Waals surface area contributed by atoms with Gasteiger partial charge in [0.25, 0.3) is 5.91 Å². The van der Waals surface area contributed by atoms with Gasteiger partial charge in [-0.15, -0.1) is 0 Å². The number of amides is 1. The maximum Gasteiger partial charge on any atom is 0.265 e. The fraction of sp³-hybridized carbons (Fsp3) is 0.278. The van der Waals surface area contributed by atoms with Gasteiger partial charge >= 0.3 is 0 Å². The lowest BCUT2D eigenvalue weighted by atomic mass is 10.1. The van der Waals surface area contributed by atoms with Crippen LogP contribution in [0.1, 0.15) is 23.6 Å². The monoisotopic (exact) mass is 319 g/mol. The van der Waals surface area contributed by atoms with E-state index in [0.717, 1.165) is 28.8 Å². The van der Waals surface area contributed by atoms with E-state index in [-0.39, 0.29) is 0 Å². The highest BCUT2D eigenvalue weighted by molar-refractivity contribution is 5.94. The lowest BCUT2D eigenvalue weighted by Crippen LogP contribution is -2.31. The molecule has 1 amide bonds. The van der Waals surface area contributed by atoms with Crippen molar-refractivity contribution in [1.29, 1.82) is 0 Å². The summed E-state index contributed by atoms with van der Waals surface area (Å²) in [6.07, 6.45) is -0.895. The molecule has 5 heteroatoms. The number of hydrogen-bond donors (Lipinski definition) is 1. The Hall–Kier alpha value is -2.43. The van der Waals surface area contributed by atoms with E-state index in [9.17, 15) is 13.6 Å². The number of rotatable bonds is 4. The zero-order valence-electron chi connectivity index (χ0n) is 13.5. The number of nitrogens with one attached hydrogen (secondary N) is 1. The Morgan fingerprint density at radius 1 is 1.13 bits per heavy atom. The molecule has 3 nitrogen and oxygen atoms in total. The van der Waals surface area contributed by atoms with Crippen LogP contribution in [0.15, 0.2) is 30.3 Å². The standard InChI is InChI=1S/C18H19F2NO2/c1-10-8-11(2)12(3)16(9-10)23-13(4)18(22)21-17-14(19)6-5-7-15(17)20/h5-9,13H,1-4H3,(H,21,22)/t13-/m1/s1. The lowest BCUT2D eigenvalue weighted by Gasteiger charge is -2.18. The van der Waals surface area contributed by atoms with Crippen LogP contribution in [0.4, 0.5) is 14.5 Å². The van der Waals surface area contributed by atoms with Crippen molar-refractivity contribution in [3.8, 4) is 5.75 Å². The number of benzene rings is 2. The smallest absolute Gasteiger partial charge is 0.265 e. The van der Waals surface area contributed by atoms with Crippen LogP contribution < -0.4 is 10.1 Å². The van der Waals surface area contributed by atoms with Gasteiger partial charge in [0.05, 0.1) is 0 Å². The summed E-state index contributed by atoms with van der Waals surface area (Å²) in [6.45, 7) is 7.31. The quantitative estimate of drug-likeness (QED) is 0.912. The van der Waals surface area contributed by atoms with Gasteiger partial charge < -0.3 is 10.1 Å². The molecule has 0 unspecified atom stereocenters. The van der Waals surface area contributed by atoms with E-state index in [1.54, 1.807) is 0 Å². The van der Waals surface area contributed by atoms with Crippen molar-refractivity contribution in [2.75, 3.05) is 5.32 Å². The molecule has 2 aromatic carbocycles. The number of carbonyl (C=O) groups is 1. The molecule has 122 valence electrons. The summed E-state index contributed by atoms with van der Waals surface area (Å²) in [4.78, 5) is 12.1. The summed E-state index contributed by atoms with van der Waals surface area (Å²) in [5.74, 6) is -1.69. The molecule has 0 heterocycles. The fourth-order valence-corrected chi connectivity index (χ4v) is 2.21. The maximum atomic E-state index is 13.6. The lowest BCUT2D eigenvalue weighted by molar-refractivity contribution is -0.122. The summed E-state index contributed by atoms with van der Waals surface area (Å²) >= 11 is 0. The Labute approximate surface area is 134 Å². The average Bonchev–Trinajstić information content (AvgIpc) is 2.47. The number of carbonyl (C=O) groups excluding carboxylic acids is 1. The minimum absolute atomic E-state index is 0.468. The van der Waals surface area contributed by atoms with Crippen molar-refractivity contribution < 1.29 is 18.3 Å². The molecular weight excluding hydrogens is 300 g/mol. The molecule has 1 atom stereocenters. The van der Waals surface area contributed by atoms with E-state index in [0.29, 0.717) is 5.75 Å². The van der Waals surface area contributed by atoms with E-state index in [2.05, 4.69) is 5.32 Å². The molecule has 2 aromatic rings. The zero-order chi connectivity index (χ0) is 17.1. The predicted molar refractivity (Wildman–Crippen MR) is 85.7 cm³/mol. The molecule has 0 spiro atoms. The first-order valence-corrected chi connectivity index (χ1v) is 7.29. The third kappa shape index (κ3) is 3.86. The summed E-state index contributed by atoms with van der Waals surface area (Å²) in [7, 11) is 0. The summed E-state index contributed by atoms with van der Waals surface area (Å²) in [6, 6.07) is 7.24. The molecular formula is C18H19F2NO2. The second-order valence-corrected chi connectivity index (χ2v) is 5.55. The van der Waals surface area contributed by atoms with Gasteiger partial charge in [-0.2, -0.15) is 0 Å². The van der Waals surface area contributed by atoms with Crippen LogP contribution in [0, 0.1) is 32.4 Å². The molecule has 2 rings (SSSR count). The molecule has 0 bridgehead atoms. The first kappa shape index (κ1) is 16.9. The van der Waals surface area contributed by atoms with Gasteiger partial charge in [-0.25, -0.2) is 8.78 Å². The number of anilines is 1. The van der Waals surface area contributed by atoms with E-state index >= 15 is 0 Å². The Kier molecular flexibility index (Phi) is 4.98. The number of para-hydroxylation sites is 1. The predicted octanol–water partition coefficient (Wildman–Crippen LogP) is 4.30. The van der Waals surface area contributed by atoms with Crippen LogP contribution in [-0.4, -0.2) is 12.0 Å². The Morgan fingerprint density at radius 3 is 2.35 bits per heavy atom. The highest BCUT2D eigenvalue weighted by Gasteiger charge is 2.19. The Morgan fingerprint density at radius 2 is 1.74 bits per heavy atom. The van der Waals surface area contributed by atoms with Crippen molar-refractivity contribution in [3.63, 3.8) is 0 Å². The van der Waals surface area contributed by atoms with Crippen molar-refractivity contribution in [1.82, 2.24) is 0 Å². The number of hydrogen-bond acceptors (Lipinski definition) is 2. The minimum atomic E-state index is -0.895. The minimum Gasteiger partial charge on any atom is -0.481 e. The SMILES string of the molecule is Cc1cc(C)c(C)c(O[C@H](C)C(=O)Nc2c(F)cccc2F)c1. The highest BCUT2D eigenvalue weighted by atomic mass is 19.1. The van der Waals surface area contributed by atoms with Crippen molar-refractivity contribution in [2.45, 2.75) is 33.8 Å². The van der Waals surface area contributed by atoms with Gasteiger partial charge in [-0.3, -0.25) is 4.79 Å². The maximum absolute atomic E-state index is 13.6. The summed E-state index contributed by atoms with van der Waals surface area (Å²) < 4.78 is 32.8. The summed E-state index contributed by atoms with van der Waals surface area (Å²) in [5.41, 5.74) is 2.51. The molecule has 0 aliphatic carbocycles.